The van der Waals surface area contributed by atoms with Gasteiger partial charge in [-0.25, -0.2) is 0 Å². The summed E-state index contributed by atoms with van der Waals surface area (Å²) in [4.78, 5) is 11.7. The van der Waals surface area contributed by atoms with Crippen molar-refractivity contribution in [2.75, 3.05) is 7.05 Å². The van der Waals surface area contributed by atoms with Crippen LogP contribution in [-0.2, 0) is 5.60 Å². The van der Waals surface area contributed by atoms with Crippen LogP contribution in [0, 0.1) is 0 Å². The summed E-state index contributed by atoms with van der Waals surface area (Å²) in [6.45, 7) is 0. The molecule has 128 valence electrons. The van der Waals surface area contributed by atoms with Gasteiger partial charge in [0.1, 0.15) is 5.60 Å². The van der Waals surface area contributed by atoms with Crippen LogP contribution in [0.25, 0.3) is 0 Å². The SMILES string of the molecule is C.CNC(=O)c1ccc(C(O)(c2ccccc2)c2ccccc2)cc1. The molecule has 3 aromatic carbocycles. The van der Waals surface area contributed by atoms with Crippen molar-refractivity contribution >= 4 is 5.91 Å². The monoisotopic (exact) mass is 333 g/mol. The van der Waals surface area contributed by atoms with Crippen LogP contribution < -0.4 is 5.32 Å². The molecule has 0 aromatic heterocycles. The Morgan fingerprint density at radius 1 is 0.760 bits per heavy atom. The molecule has 0 radical (unpaired) electrons. The van der Waals surface area contributed by atoms with Gasteiger partial charge in [0.05, 0.1) is 0 Å². The van der Waals surface area contributed by atoms with E-state index in [0.717, 1.165) is 11.1 Å². The zero-order valence-electron chi connectivity index (χ0n) is 13.4. The van der Waals surface area contributed by atoms with Gasteiger partial charge in [0.2, 0.25) is 0 Å². The van der Waals surface area contributed by atoms with Crippen molar-refractivity contribution in [2.45, 2.75) is 13.0 Å². The molecule has 0 heterocycles. The van der Waals surface area contributed by atoms with E-state index in [-0.39, 0.29) is 13.3 Å². The first kappa shape index (κ1) is 18.4. The van der Waals surface area contributed by atoms with E-state index in [1.54, 1.807) is 31.3 Å². The van der Waals surface area contributed by atoms with Crippen LogP contribution in [0.5, 0.6) is 0 Å². The highest BCUT2D eigenvalue weighted by molar-refractivity contribution is 5.94. The van der Waals surface area contributed by atoms with Crippen LogP contribution in [0.1, 0.15) is 34.5 Å². The number of rotatable bonds is 4. The fourth-order valence-electron chi connectivity index (χ4n) is 2.87. The molecule has 3 aromatic rings. The molecule has 0 bridgehead atoms. The molecule has 0 spiro atoms. The first-order valence-corrected chi connectivity index (χ1v) is 7.82. The first-order chi connectivity index (χ1) is 11.7. The maximum atomic E-state index is 11.7. The summed E-state index contributed by atoms with van der Waals surface area (Å²) >= 11 is 0. The van der Waals surface area contributed by atoms with Crippen molar-refractivity contribution in [3.8, 4) is 0 Å². The van der Waals surface area contributed by atoms with E-state index >= 15 is 0 Å². The lowest BCUT2D eigenvalue weighted by molar-refractivity contribution is 0.0962. The van der Waals surface area contributed by atoms with Crippen molar-refractivity contribution in [1.29, 1.82) is 0 Å². The minimum absolute atomic E-state index is 0. The van der Waals surface area contributed by atoms with Gasteiger partial charge in [-0.1, -0.05) is 80.2 Å². The molecular formula is C22H23NO2. The molecule has 0 atom stereocenters. The van der Waals surface area contributed by atoms with Crippen molar-refractivity contribution in [1.82, 2.24) is 5.32 Å². The van der Waals surface area contributed by atoms with E-state index in [2.05, 4.69) is 5.32 Å². The van der Waals surface area contributed by atoms with E-state index in [0.29, 0.717) is 11.1 Å². The Hall–Kier alpha value is -2.91. The Labute approximate surface area is 149 Å². The van der Waals surface area contributed by atoms with E-state index in [1.807, 2.05) is 60.7 Å². The predicted molar refractivity (Wildman–Crippen MR) is 102 cm³/mol. The highest BCUT2D eigenvalue weighted by Gasteiger charge is 2.33. The summed E-state index contributed by atoms with van der Waals surface area (Å²) in [6.07, 6.45) is 0. The lowest BCUT2D eigenvalue weighted by Gasteiger charge is -2.30. The normalized spacial score (nSPS) is 10.6. The summed E-state index contributed by atoms with van der Waals surface area (Å²) < 4.78 is 0. The number of amides is 1. The molecule has 3 heteroatoms. The molecular weight excluding hydrogens is 310 g/mol. The zero-order valence-corrected chi connectivity index (χ0v) is 13.4. The van der Waals surface area contributed by atoms with E-state index in [1.165, 1.54) is 0 Å². The number of benzene rings is 3. The van der Waals surface area contributed by atoms with Crippen LogP contribution in [0.4, 0.5) is 0 Å². The quantitative estimate of drug-likeness (QED) is 0.710. The standard InChI is InChI=1S/C21H19NO2.CH4/c1-22-20(23)16-12-14-19(15-13-16)21(24,17-8-4-2-5-9-17)18-10-6-3-7-11-18;/h2-15,24H,1H3,(H,22,23);1H4. The second-order valence-electron chi connectivity index (χ2n) is 5.60. The highest BCUT2D eigenvalue weighted by Crippen LogP contribution is 2.36. The fourth-order valence-corrected chi connectivity index (χ4v) is 2.87. The van der Waals surface area contributed by atoms with Gasteiger partial charge in [0.25, 0.3) is 5.91 Å². The van der Waals surface area contributed by atoms with Gasteiger partial charge in [-0.2, -0.15) is 0 Å². The van der Waals surface area contributed by atoms with Crippen molar-refractivity contribution in [2.24, 2.45) is 0 Å². The molecule has 1 amide bonds. The van der Waals surface area contributed by atoms with Crippen LogP contribution in [0.15, 0.2) is 84.9 Å². The number of hydrogen-bond donors (Lipinski definition) is 2. The lowest BCUT2D eigenvalue weighted by atomic mass is 9.80. The van der Waals surface area contributed by atoms with Gasteiger partial charge in [-0.15, -0.1) is 0 Å². The van der Waals surface area contributed by atoms with Crippen molar-refractivity contribution in [3.63, 3.8) is 0 Å². The Morgan fingerprint density at radius 2 is 1.16 bits per heavy atom. The number of nitrogens with one attached hydrogen (secondary N) is 1. The summed E-state index contributed by atoms with van der Waals surface area (Å²) in [5.41, 5.74) is 1.56. The Balaban J connectivity index is 0.00000225. The predicted octanol–water partition coefficient (Wildman–Crippen LogP) is 3.97. The van der Waals surface area contributed by atoms with Gasteiger partial charge in [-0.05, 0) is 28.8 Å². The summed E-state index contributed by atoms with van der Waals surface area (Å²) in [5.74, 6) is -0.149. The number of carbonyl (C=O) groups excluding carboxylic acids is 1. The first-order valence-electron chi connectivity index (χ1n) is 7.82. The fraction of sp³-hybridized carbons (Fsp3) is 0.136. The van der Waals surface area contributed by atoms with Gasteiger partial charge in [-0.3, -0.25) is 4.79 Å². The van der Waals surface area contributed by atoms with Gasteiger partial charge in [0.15, 0.2) is 0 Å². The molecule has 3 rings (SSSR count). The van der Waals surface area contributed by atoms with E-state index in [9.17, 15) is 9.90 Å². The summed E-state index contributed by atoms with van der Waals surface area (Å²) in [5, 5.41) is 14.2. The molecule has 0 unspecified atom stereocenters. The van der Waals surface area contributed by atoms with Gasteiger partial charge < -0.3 is 10.4 Å². The van der Waals surface area contributed by atoms with E-state index in [4.69, 9.17) is 0 Å². The molecule has 0 aliphatic carbocycles. The Bertz CT molecular complexity index is 772. The molecule has 0 aliphatic heterocycles. The maximum absolute atomic E-state index is 11.7. The smallest absolute Gasteiger partial charge is 0.251 e. The summed E-state index contributed by atoms with van der Waals surface area (Å²) in [7, 11) is 1.60. The Morgan fingerprint density at radius 3 is 1.56 bits per heavy atom. The molecule has 0 fully saturated rings. The van der Waals surface area contributed by atoms with Crippen LogP contribution >= 0.6 is 0 Å². The van der Waals surface area contributed by atoms with Gasteiger partial charge in [0, 0.05) is 12.6 Å². The maximum Gasteiger partial charge on any atom is 0.251 e. The third-order valence-corrected chi connectivity index (χ3v) is 4.18. The third-order valence-electron chi connectivity index (χ3n) is 4.18. The number of carbonyl (C=O) groups is 1. The molecule has 3 nitrogen and oxygen atoms in total. The second-order valence-corrected chi connectivity index (χ2v) is 5.60. The molecule has 0 saturated heterocycles. The lowest BCUT2D eigenvalue weighted by Crippen LogP contribution is -2.29. The largest absolute Gasteiger partial charge is 0.376 e. The minimum atomic E-state index is -1.27. The highest BCUT2D eigenvalue weighted by atomic mass is 16.3. The van der Waals surface area contributed by atoms with Gasteiger partial charge >= 0.3 is 0 Å². The topological polar surface area (TPSA) is 49.3 Å². The minimum Gasteiger partial charge on any atom is -0.376 e. The molecule has 0 saturated carbocycles. The molecule has 0 aliphatic rings. The third kappa shape index (κ3) is 3.47. The second kappa shape index (κ2) is 7.77. The molecule has 2 N–H and O–H groups in total. The number of hydrogen-bond acceptors (Lipinski definition) is 2. The van der Waals surface area contributed by atoms with Crippen molar-refractivity contribution < 1.29 is 9.90 Å². The average molecular weight is 333 g/mol. The molecule has 25 heavy (non-hydrogen) atoms. The van der Waals surface area contributed by atoms with Crippen LogP contribution in [-0.4, -0.2) is 18.1 Å². The van der Waals surface area contributed by atoms with E-state index < -0.39 is 5.60 Å². The Kier molecular flexibility index (Phi) is 5.73. The van der Waals surface area contributed by atoms with Crippen molar-refractivity contribution in [3.05, 3.63) is 107 Å². The zero-order chi connectivity index (χ0) is 17.0. The number of aliphatic hydroxyl groups is 1. The van der Waals surface area contributed by atoms with Crippen LogP contribution in [0.2, 0.25) is 0 Å². The average Bonchev–Trinajstić information content (AvgIpc) is 2.68. The van der Waals surface area contributed by atoms with Crippen LogP contribution in [0.3, 0.4) is 0 Å². The summed E-state index contributed by atoms with van der Waals surface area (Å²) in [6, 6.07) is 26.1.